The molecule has 14 heavy (non-hydrogen) atoms. The van der Waals surface area contributed by atoms with Crippen LogP contribution in [0.4, 0.5) is 0 Å². The number of hydrogen-bond donors (Lipinski definition) is 2. The van der Waals surface area contributed by atoms with Crippen LogP contribution in [0.25, 0.3) is 11.0 Å². The number of nitrogens with two attached hydrogens (primary N) is 1. The first kappa shape index (κ1) is 8.43. The van der Waals surface area contributed by atoms with E-state index in [0.29, 0.717) is 11.0 Å². The number of hydrogen-bond acceptors (Lipinski definition) is 4. The quantitative estimate of drug-likeness (QED) is 0.680. The van der Waals surface area contributed by atoms with E-state index in [2.05, 4.69) is 9.97 Å². The SMILES string of the molecule is NC(=O)c1cnc2ncccc2c1O. The van der Waals surface area contributed by atoms with E-state index >= 15 is 0 Å². The molecule has 0 aliphatic heterocycles. The van der Waals surface area contributed by atoms with Gasteiger partial charge in [0, 0.05) is 12.4 Å². The number of aromatic hydroxyl groups is 1. The average molecular weight is 189 g/mol. The van der Waals surface area contributed by atoms with Gasteiger partial charge >= 0.3 is 0 Å². The van der Waals surface area contributed by atoms with Crippen molar-refractivity contribution in [3.05, 3.63) is 30.1 Å². The summed E-state index contributed by atoms with van der Waals surface area (Å²) in [5.41, 5.74) is 5.44. The number of primary amides is 1. The average Bonchev–Trinajstić information content (AvgIpc) is 2.18. The third-order valence-corrected chi connectivity index (χ3v) is 1.88. The number of nitrogens with zero attached hydrogens (tertiary/aromatic N) is 2. The van der Waals surface area contributed by atoms with Gasteiger partial charge < -0.3 is 10.8 Å². The van der Waals surface area contributed by atoms with E-state index in [-0.39, 0.29) is 11.3 Å². The summed E-state index contributed by atoms with van der Waals surface area (Å²) in [6.07, 6.45) is 2.77. The highest BCUT2D eigenvalue weighted by Gasteiger charge is 2.11. The maximum Gasteiger partial charge on any atom is 0.254 e. The molecule has 0 saturated heterocycles. The molecule has 0 aliphatic carbocycles. The third-order valence-electron chi connectivity index (χ3n) is 1.88. The van der Waals surface area contributed by atoms with E-state index in [4.69, 9.17) is 5.73 Å². The smallest absolute Gasteiger partial charge is 0.254 e. The first-order valence-electron chi connectivity index (χ1n) is 3.92. The van der Waals surface area contributed by atoms with Crippen molar-refractivity contribution in [2.24, 2.45) is 5.73 Å². The molecule has 0 aromatic carbocycles. The van der Waals surface area contributed by atoms with Crippen LogP contribution in [0.1, 0.15) is 10.4 Å². The molecule has 0 radical (unpaired) electrons. The Hall–Kier alpha value is -2.17. The Morgan fingerprint density at radius 1 is 1.43 bits per heavy atom. The van der Waals surface area contributed by atoms with Crippen LogP contribution >= 0.6 is 0 Å². The van der Waals surface area contributed by atoms with Gasteiger partial charge in [-0.1, -0.05) is 0 Å². The summed E-state index contributed by atoms with van der Waals surface area (Å²) in [4.78, 5) is 18.7. The second-order valence-corrected chi connectivity index (χ2v) is 2.76. The second-order valence-electron chi connectivity index (χ2n) is 2.76. The van der Waals surface area contributed by atoms with Gasteiger partial charge in [-0.15, -0.1) is 0 Å². The zero-order chi connectivity index (χ0) is 10.1. The van der Waals surface area contributed by atoms with Gasteiger partial charge in [0.05, 0.1) is 10.9 Å². The van der Waals surface area contributed by atoms with Crippen molar-refractivity contribution in [3.8, 4) is 5.75 Å². The molecule has 5 nitrogen and oxygen atoms in total. The molecule has 0 fully saturated rings. The summed E-state index contributed by atoms with van der Waals surface area (Å²) in [6, 6.07) is 3.27. The topological polar surface area (TPSA) is 89.1 Å². The minimum Gasteiger partial charge on any atom is -0.506 e. The Kier molecular flexibility index (Phi) is 1.78. The normalized spacial score (nSPS) is 10.3. The Bertz CT molecular complexity index is 510. The van der Waals surface area contributed by atoms with Crippen LogP contribution < -0.4 is 5.73 Å². The molecular weight excluding hydrogens is 182 g/mol. The van der Waals surface area contributed by atoms with Gasteiger partial charge in [-0.05, 0) is 12.1 Å². The van der Waals surface area contributed by atoms with Crippen molar-refractivity contribution in [2.45, 2.75) is 0 Å². The minimum absolute atomic E-state index is 0.00509. The highest BCUT2D eigenvalue weighted by molar-refractivity contribution is 6.00. The molecule has 0 saturated carbocycles. The summed E-state index contributed by atoms with van der Waals surface area (Å²) in [5, 5.41) is 10.1. The number of amides is 1. The van der Waals surface area contributed by atoms with Crippen LogP contribution in [0, 0.1) is 0 Å². The van der Waals surface area contributed by atoms with Crippen LogP contribution in [0.3, 0.4) is 0 Å². The fourth-order valence-electron chi connectivity index (χ4n) is 1.20. The summed E-state index contributed by atoms with van der Waals surface area (Å²) in [7, 11) is 0. The third kappa shape index (κ3) is 1.15. The molecule has 0 spiro atoms. The van der Waals surface area contributed by atoms with E-state index in [1.807, 2.05) is 0 Å². The lowest BCUT2D eigenvalue weighted by molar-refractivity contribution is 0.0997. The highest BCUT2D eigenvalue weighted by Crippen LogP contribution is 2.24. The van der Waals surface area contributed by atoms with Gasteiger partial charge in [0.25, 0.3) is 5.91 Å². The van der Waals surface area contributed by atoms with E-state index in [1.54, 1.807) is 18.3 Å². The van der Waals surface area contributed by atoms with Crippen LogP contribution in [0.15, 0.2) is 24.5 Å². The van der Waals surface area contributed by atoms with Crippen LogP contribution in [0.2, 0.25) is 0 Å². The lowest BCUT2D eigenvalue weighted by Gasteiger charge is -2.02. The fourth-order valence-corrected chi connectivity index (χ4v) is 1.20. The van der Waals surface area contributed by atoms with Gasteiger partial charge in [0.15, 0.2) is 5.65 Å². The summed E-state index contributed by atoms with van der Waals surface area (Å²) < 4.78 is 0. The molecule has 1 amide bonds. The maximum absolute atomic E-state index is 10.9. The second kappa shape index (κ2) is 2.95. The van der Waals surface area contributed by atoms with Crippen molar-refractivity contribution in [1.82, 2.24) is 9.97 Å². The van der Waals surface area contributed by atoms with Crippen LogP contribution in [-0.2, 0) is 0 Å². The van der Waals surface area contributed by atoms with Crippen molar-refractivity contribution in [1.29, 1.82) is 0 Å². The molecule has 2 heterocycles. The van der Waals surface area contributed by atoms with E-state index in [1.165, 1.54) is 6.20 Å². The fraction of sp³-hybridized carbons (Fsp3) is 0. The lowest BCUT2D eigenvalue weighted by Crippen LogP contribution is -2.11. The van der Waals surface area contributed by atoms with Crippen molar-refractivity contribution in [3.63, 3.8) is 0 Å². The van der Waals surface area contributed by atoms with Gasteiger partial charge in [0.1, 0.15) is 5.75 Å². The molecule has 0 atom stereocenters. The van der Waals surface area contributed by atoms with E-state index in [0.717, 1.165) is 0 Å². The number of carbonyl (C=O) groups excluding carboxylic acids is 1. The standard InChI is InChI=1S/C9H7N3O2/c10-8(14)6-4-12-9-5(7(6)13)2-1-3-11-9/h1-4H,(H2,10,14)(H,11,12,13). The van der Waals surface area contributed by atoms with Gasteiger partial charge in [-0.3, -0.25) is 4.79 Å². The van der Waals surface area contributed by atoms with E-state index < -0.39 is 5.91 Å². The number of aromatic nitrogens is 2. The van der Waals surface area contributed by atoms with Gasteiger partial charge in [0.2, 0.25) is 0 Å². The van der Waals surface area contributed by atoms with E-state index in [9.17, 15) is 9.90 Å². The molecule has 70 valence electrons. The largest absolute Gasteiger partial charge is 0.506 e. The molecule has 2 aromatic heterocycles. The Labute approximate surface area is 79.2 Å². The van der Waals surface area contributed by atoms with Crippen LogP contribution in [0.5, 0.6) is 5.75 Å². The number of pyridine rings is 2. The molecule has 2 aromatic rings. The molecule has 0 unspecified atom stereocenters. The van der Waals surface area contributed by atoms with Gasteiger partial charge in [-0.2, -0.15) is 0 Å². The van der Waals surface area contributed by atoms with Crippen molar-refractivity contribution < 1.29 is 9.90 Å². The molecule has 2 rings (SSSR count). The lowest BCUT2D eigenvalue weighted by atomic mass is 10.2. The predicted molar refractivity (Wildman–Crippen MR) is 49.7 cm³/mol. The predicted octanol–water partition coefficient (Wildman–Crippen LogP) is 0.434. The van der Waals surface area contributed by atoms with Gasteiger partial charge in [-0.25, -0.2) is 9.97 Å². The molecular formula is C9H7N3O2. The molecule has 0 aliphatic rings. The molecule has 0 bridgehead atoms. The van der Waals surface area contributed by atoms with Crippen molar-refractivity contribution >= 4 is 16.9 Å². The first-order chi connectivity index (χ1) is 6.70. The summed E-state index contributed by atoms with van der Waals surface area (Å²) in [6.45, 7) is 0. The number of fused-ring (bicyclic) bond motifs is 1. The van der Waals surface area contributed by atoms with Crippen LogP contribution in [-0.4, -0.2) is 21.0 Å². The zero-order valence-corrected chi connectivity index (χ0v) is 7.14. The highest BCUT2D eigenvalue weighted by atomic mass is 16.3. The van der Waals surface area contributed by atoms with Crippen molar-refractivity contribution in [2.75, 3.05) is 0 Å². The maximum atomic E-state index is 10.9. The Balaban J connectivity index is 2.81. The monoisotopic (exact) mass is 189 g/mol. The zero-order valence-electron chi connectivity index (χ0n) is 7.14. The minimum atomic E-state index is -0.708. The Morgan fingerprint density at radius 3 is 2.93 bits per heavy atom. The first-order valence-corrected chi connectivity index (χ1v) is 3.92. The summed E-state index contributed by atoms with van der Waals surface area (Å²) in [5.74, 6) is -0.878. The molecule has 5 heteroatoms. The molecule has 3 N–H and O–H groups in total. The Morgan fingerprint density at radius 2 is 2.21 bits per heavy atom. The number of rotatable bonds is 1. The number of carbonyl (C=O) groups is 1. The summed E-state index contributed by atoms with van der Waals surface area (Å²) >= 11 is 0.